The van der Waals surface area contributed by atoms with Crippen molar-refractivity contribution in [1.29, 1.82) is 0 Å². The van der Waals surface area contributed by atoms with Gasteiger partial charge in [-0.25, -0.2) is 9.78 Å². The van der Waals surface area contributed by atoms with Gasteiger partial charge in [0.1, 0.15) is 35.3 Å². The Bertz CT molecular complexity index is 1590. The number of allylic oxidation sites excluding steroid dienone is 2. The number of nitrogens with one attached hydrogen (secondary N) is 1. The van der Waals surface area contributed by atoms with Gasteiger partial charge in [-0.05, 0) is 85.3 Å². The molecule has 1 aromatic carbocycles. The number of likely N-dealkylation sites (tertiary alicyclic amines) is 1. The SMILES string of the molecule is CC.CC.COc1ccc2c(O[C@@H]3CC(C(N)=O)N(C(=O)[C@H](CCCCC/C=C\C4CC4C(=O)O)NC(=O)OC(C)(C)C)C3)cc(OC(C)C)nc2c1C. The zero-order valence-electron chi connectivity index (χ0n) is 34.2. The minimum atomic E-state index is -0.952. The maximum Gasteiger partial charge on any atom is 0.408 e. The van der Waals surface area contributed by atoms with Crippen molar-refractivity contribution in [3.63, 3.8) is 0 Å². The fraction of sp³-hybridized carbons (Fsp3) is 0.634. The first kappa shape index (κ1) is 45.6. The Morgan fingerprint density at radius 1 is 1.06 bits per heavy atom. The summed E-state index contributed by atoms with van der Waals surface area (Å²) in [5.74, 6) is -0.516. The van der Waals surface area contributed by atoms with Crippen molar-refractivity contribution in [2.45, 2.75) is 144 Å². The molecule has 1 aromatic heterocycles. The average molecular weight is 757 g/mol. The van der Waals surface area contributed by atoms with Gasteiger partial charge < -0.3 is 40.0 Å². The van der Waals surface area contributed by atoms with Crippen molar-refractivity contribution in [2.75, 3.05) is 13.7 Å². The highest BCUT2D eigenvalue weighted by molar-refractivity contribution is 5.92. The second-order valence-corrected chi connectivity index (χ2v) is 14.4. The van der Waals surface area contributed by atoms with E-state index in [1.165, 1.54) is 4.90 Å². The van der Waals surface area contributed by atoms with Crippen LogP contribution < -0.4 is 25.3 Å². The number of aryl methyl sites for hydroxylation is 1. The number of nitrogens with zero attached hydrogens (tertiary/aromatic N) is 2. The van der Waals surface area contributed by atoms with E-state index in [0.717, 1.165) is 30.2 Å². The Labute approximate surface area is 321 Å². The van der Waals surface area contributed by atoms with E-state index < -0.39 is 47.7 Å². The lowest BCUT2D eigenvalue weighted by Crippen LogP contribution is -2.53. The molecule has 4 rings (SSSR count). The number of primary amides is 1. The first-order valence-corrected chi connectivity index (χ1v) is 19.4. The minimum Gasteiger partial charge on any atom is -0.496 e. The number of fused-ring (bicyclic) bond motifs is 1. The van der Waals surface area contributed by atoms with E-state index in [2.05, 4.69) is 5.32 Å². The zero-order valence-corrected chi connectivity index (χ0v) is 34.2. The number of hydrogen-bond donors (Lipinski definition) is 3. The third-order valence-corrected chi connectivity index (χ3v) is 8.76. The largest absolute Gasteiger partial charge is 0.496 e. The molecule has 54 heavy (non-hydrogen) atoms. The van der Waals surface area contributed by atoms with Crippen LogP contribution in [0.4, 0.5) is 4.79 Å². The highest BCUT2D eigenvalue weighted by Crippen LogP contribution is 2.40. The number of carboxylic acids is 1. The topological polar surface area (TPSA) is 180 Å². The van der Waals surface area contributed by atoms with Crippen molar-refractivity contribution in [1.82, 2.24) is 15.2 Å². The second-order valence-electron chi connectivity index (χ2n) is 14.4. The van der Waals surface area contributed by atoms with Gasteiger partial charge >= 0.3 is 12.1 Å². The third kappa shape index (κ3) is 13.4. The van der Waals surface area contributed by atoms with E-state index in [-0.39, 0.29) is 30.9 Å². The zero-order chi connectivity index (χ0) is 40.7. The summed E-state index contributed by atoms with van der Waals surface area (Å²) in [6, 6.07) is 3.48. The highest BCUT2D eigenvalue weighted by atomic mass is 16.6. The summed E-state index contributed by atoms with van der Waals surface area (Å²) in [6.07, 6.45) is 6.72. The van der Waals surface area contributed by atoms with Crippen LogP contribution in [0.3, 0.4) is 0 Å². The first-order chi connectivity index (χ1) is 25.6. The molecule has 1 aliphatic heterocycles. The number of amides is 3. The minimum absolute atomic E-state index is 0.0710. The van der Waals surface area contributed by atoms with Crippen LogP contribution in [0.2, 0.25) is 0 Å². The Morgan fingerprint density at radius 3 is 2.31 bits per heavy atom. The molecule has 5 atom stereocenters. The molecule has 0 spiro atoms. The third-order valence-electron chi connectivity index (χ3n) is 8.76. The van der Waals surface area contributed by atoms with E-state index in [9.17, 15) is 19.2 Å². The van der Waals surface area contributed by atoms with Crippen LogP contribution in [0.5, 0.6) is 17.4 Å². The molecule has 302 valence electrons. The fourth-order valence-corrected chi connectivity index (χ4v) is 6.23. The van der Waals surface area contributed by atoms with Crippen LogP contribution in [0.15, 0.2) is 30.4 Å². The molecule has 1 saturated carbocycles. The van der Waals surface area contributed by atoms with Crippen molar-refractivity contribution in [2.24, 2.45) is 17.6 Å². The van der Waals surface area contributed by atoms with Gasteiger partial charge in [0.15, 0.2) is 0 Å². The summed E-state index contributed by atoms with van der Waals surface area (Å²) < 4.78 is 23.4. The number of aromatic nitrogens is 1. The maximum atomic E-state index is 14.1. The number of aliphatic carboxylic acids is 1. The van der Waals surface area contributed by atoms with E-state index >= 15 is 0 Å². The predicted molar refractivity (Wildman–Crippen MR) is 210 cm³/mol. The van der Waals surface area contributed by atoms with Crippen LogP contribution in [-0.4, -0.2) is 82.4 Å². The lowest BCUT2D eigenvalue weighted by Gasteiger charge is -2.28. The molecule has 1 saturated heterocycles. The second kappa shape index (κ2) is 21.4. The number of rotatable bonds is 16. The molecule has 2 heterocycles. The van der Waals surface area contributed by atoms with Crippen molar-refractivity contribution in [3.8, 4) is 17.4 Å². The number of ether oxygens (including phenoxy) is 4. The molecule has 13 nitrogen and oxygen atoms in total. The highest BCUT2D eigenvalue weighted by Gasteiger charge is 2.43. The van der Waals surface area contributed by atoms with Gasteiger partial charge in [-0.3, -0.25) is 14.4 Å². The van der Waals surface area contributed by atoms with Crippen LogP contribution in [-0.2, 0) is 19.1 Å². The molecule has 1 aliphatic carbocycles. The first-order valence-electron chi connectivity index (χ1n) is 19.4. The van der Waals surface area contributed by atoms with Gasteiger partial charge in [0.2, 0.25) is 17.7 Å². The number of pyridine rings is 1. The average Bonchev–Trinajstić information content (AvgIpc) is 3.77. The van der Waals surface area contributed by atoms with E-state index in [1.54, 1.807) is 33.9 Å². The van der Waals surface area contributed by atoms with Crippen LogP contribution in [0, 0.1) is 18.8 Å². The van der Waals surface area contributed by atoms with E-state index in [0.29, 0.717) is 42.2 Å². The molecule has 13 heteroatoms. The van der Waals surface area contributed by atoms with Crippen molar-refractivity contribution >= 4 is 34.8 Å². The molecule has 0 radical (unpaired) electrons. The van der Waals surface area contributed by atoms with Crippen LogP contribution in [0.1, 0.15) is 113 Å². The van der Waals surface area contributed by atoms with E-state index in [4.69, 9.17) is 34.8 Å². The standard InChI is InChI=1S/C37H52N4O9.2C2H6/c1-21(2)48-31-19-30(25-15-16-29(47-7)22(3)32(25)40-31)49-24-18-28(33(38)42)41(20-24)34(43)27(39-36(46)50-37(4,5)6)14-12-10-8-9-11-13-23-17-26(23)35(44)45;2*1-2/h11,13,15-16,19,21,23-24,26-28H,8-10,12,14,17-18,20H2,1-7H3,(H2,38,42)(H,39,46)(H,44,45);2*1-2H3/b13-11-;;/t23?,24-,26?,27+,28?;;/m1../s1. The summed E-state index contributed by atoms with van der Waals surface area (Å²) in [5.41, 5.74) is 6.50. The Hall–Kier alpha value is -4.55. The normalized spacial score (nSPS) is 19.6. The molecule has 3 unspecified atom stereocenters. The molecule has 0 bridgehead atoms. The summed E-state index contributed by atoms with van der Waals surface area (Å²) >= 11 is 0. The molecule has 4 N–H and O–H groups in total. The molecule has 2 fully saturated rings. The van der Waals surface area contributed by atoms with Gasteiger partial charge in [0, 0.05) is 23.4 Å². The van der Waals surface area contributed by atoms with Gasteiger partial charge in [0.05, 0.1) is 31.2 Å². The van der Waals surface area contributed by atoms with E-state index in [1.807, 2.05) is 72.8 Å². The summed E-state index contributed by atoms with van der Waals surface area (Å²) in [5, 5.41) is 12.5. The lowest BCUT2D eigenvalue weighted by atomic mass is 10.0. The number of alkyl carbamates (subject to hydrolysis) is 1. The molecule has 3 amide bonds. The lowest BCUT2D eigenvalue weighted by molar-refractivity contribution is -0.139. The number of benzene rings is 1. The quantitative estimate of drug-likeness (QED) is 0.116. The fourth-order valence-electron chi connectivity index (χ4n) is 6.23. The number of unbranched alkanes of at least 4 members (excludes halogenated alkanes) is 3. The van der Waals surface area contributed by atoms with Crippen molar-refractivity contribution < 1.29 is 43.2 Å². The van der Waals surface area contributed by atoms with Gasteiger partial charge in [-0.1, -0.05) is 52.7 Å². The Balaban J connectivity index is 0.00000244. The molecule has 2 aliphatic rings. The molecular weight excluding hydrogens is 692 g/mol. The van der Waals surface area contributed by atoms with Crippen LogP contribution >= 0.6 is 0 Å². The van der Waals surface area contributed by atoms with Gasteiger partial charge in [-0.15, -0.1) is 0 Å². The summed E-state index contributed by atoms with van der Waals surface area (Å²) in [6.45, 7) is 19.0. The molecular formula is C41H64N4O9. The number of carboxylic acid groups (broad SMARTS) is 1. The smallest absolute Gasteiger partial charge is 0.408 e. The van der Waals surface area contributed by atoms with Crippen LogP contribution in [0.25, 0.3) is 10.9 Å². The maximum absolute atomic E-state index is 14.1. The number of hydrogen-bond acceptors (Lipinski definition) is 9. The molecule has 2 aromatic rings. The Kier molecular flexibility index (Phi) is 18.0. The number of nitrogens with two attached hydrogens (primary N) is 1. The Morgan fingerprint density at radius 2 is 1.74 bits per heavy atom. The summed E-state index contributed by atoms with van der Waals surface area (Å²) in [4.78, 5) is 56.8. The number of carbonyl (C=O) groups excluding carboxylic acids is 3. The van der Waals surface area contributed by atoms with Gasteiger partial charge in [0.25, 0.3) is 0 Å². The summed E-state index contributed by atoms with van der Waals surface area (Å²) in [7, 11) is 1.59. The van der Waals surface area contributed by atoms with Crippen molar-refractivity contribution in [3.05, 3.63) is 35.9 Å². The van der Waals surface area contributed by atoms with Gasteiger partial charge in [-0.2, -0.15) is 0 Å². The number of carbonyl (C=O) groups is 4. The monoisotopic (exact) mass is 756 g/mol. The predicted octanol–water partition coefficient (Wildman–Crippen LogP) is 7.35. The number of methoxy groups -OCH3 is 1.